The summed E-state index contributed by atoms with van der Waals surface area (Å²) in [6.07, 6.45) is 1.97. The van der Waals surface area contributed by atoms with Crippen molar-refractivity contribution in [3.63, 3.8) is 0 Å². The average molecular weight is 380 g/mol. The summed E-state index contributed by atoms with van der Waals surface area (Å²) in [7, 11) is 0. The van der Waals surface area contributed by atoms with Crippen molar-refractivity contribution in [2.45, 2.75) is 39.0 Å². The van der Waals surface area contributed by atoms with E-state index in [1.54, 1.807) is 32.0 Å². The molecule has 132 valence electrons. The van der Waals surface area contributed by atoms with Gasteiger partial charge in [-0.1, -0.05) is 29.3 Å². The highest BCUT2D eigenvalue weighted by Crippen LogP contribution is 2.45. The molecule has 1 aromatic rings. The fourth-order valence-electron chi connectivity index (χ4n) is 3.63. The van der Waals surface area contributed by atoms with Crippen LogP contribution in [-0.4, -0.2) is 24.1 Å². The van der Waals surface area contributed by atoms with Crippen LogP contribution < -0.4 is 0 Å². The molecule has 1 aromatic carbocycles. The smallest absolute Gasteiger partial charge is 0.315 e. The molecule has 0 aromatic heterocycles. The number of benzene rings is 1. The van der Waals surface area contributed by atoms with E-state index in [2.05, 4.69) is 4.99 Å². The number of hydrogen-bond acceptors (Lipinski definition) is 4. The molecule has 0 bridgehead atoms. The lowest BCUT2D eigenvalue weighted by Gasteiger charge is -2.34. The number of ketones is 1. The molecule has 0 saturated carbocycles. The van der Waals surface area contributed by atoms with Gasteiger partial charge in [-0.3, -0.25) is 14.6 Å². The van der Waals surface area contributed by atoms with Gasteiger partial charge in [0.15, 0.2) is 5.78 Å². The summed E-state index contributed by atoms with van der Waals surface area (Å²) in [6, 6.07) is 5.14. The van der Waals surface area contributed by atoms with Gasteiger partial charge in [0.1, 0.15) is 5.92 Å². The van der Waals surface area contributed by atoms with Crippen molar-refractivity contribution >= 4 is 40.7 Å². The molecule has 0 radical (unpaired) electrons. The number of carbonyl (C=O) groups is 2. The number of ether oxygens (including phenoxy) is 1. The number of Topliss-reactive ketones (excluding diaryl/α,β-unsaturated/α-hetero) is 1. The summed E-state index contributed by atoms with van der Waals surface area (Å²) in [5.74, 6) is -1.49. The Kier molecular flexibility index (Phi) is 5.30. The van der Waals surface area contributed by atoms with Crippen LogP contribution in [0.25, 0.3) is 0 Å². The number of carbonyl (C=O) groups excluding carboxylic acids is 2. The van der Waals surface area contributed by atoms with E-state index in [1.165, 1.54) is 0 Å². The van der Waals surface area contributed by atoms with Crippen LogP contribution in [0.3, 0.4) is 0 Å². The van der Waals surface area contributed by atoms with Gasteiger partial charge in [-0.05, 0) is 44.4 Å². The minimum absolute atomic E-state index is 0.0304. The van der Waals surface area contributed by atoms with E-state index in [-0.39, 0.29) is 18.4 Å². The van der Waals surface area contributed by atoms with E-state index in [1.807, 2.05) is 0 Å². The van der Waals surface area contributed by atoms with Crippen LogP contribution in [-0.2, 0) is 14.3 Å². The van der Waals surface area contributed by atoms with Crippen molar-refractivity contribution in [2.75, 3.05) is 6.61 Å². The highest BCUT2D eigenvalue weighted by molar-refractivity contribution is 6.35. The zero-order valence-electron chi connectivity index (χ0n) is 14.1. The second kappa shape index (κ2) is 7.30. The lowest BCUT2D eigenvalue weighted by atomic mass is 9.72. The fraction of sp³-hybridized carbons (Fsp3) is 0.421. The molecule has 2 atom stereocenters. The molecule has 25 heavy (non-hydrogen) atoms. The van der Waals surface area contributed by atoms with Gasteiger partial charge in [0.05, 0.1) is 6.61 Å². The maximum Gasteiger partial charge on any atom is 0.315 e. The molecule has 0 amide bonds. The molecule has 1 aliphatic carbocycles. The van der Waals surface area contributed by atoms with Crippen LogP contribution in [0.5, 0.6) is 0 Å². The first kappa shape index (κ1) is 18.2. The molecule has 1 aliphatic heterocycles. The number of aliphatic imine (C=N–C) groups is 1. The Morgan fingerprint density at radius 3 is 2.76 bits per heavy atom. The lowest BCUT2D eigenvalue weighted by molar-refractivity contribution is -0.146. The Hall–Kier alpha value is -1.65. The van der Waals surface area contributed by atoms with Crippen molar-refractivity contribution < 1.29 is 14.3 Å². The molecule has 3 rings (SSSR count). The van der Waals surface area contributed by atoms with Crippen LogP contribution in [0.4, 0.5) is 0 Å². The number of halogens is 2. The van der Waals surface area contributed by atoms with Gasteiger partial charge in [0.25, 0.3) is 0 Å². The molecule has 4 nitrogen and oxygen atoms in total. The first-order valence-electron chi connectivity index (χ1n) is 8.37. The van der Waals surface area contributed by atoms with Crippen molar-refractivity contribution in [3.05, 3.63) is 45.1 Å². The third-order valence-corrected chi connectivity index (χ3v) is 5.23. The van der Waals surface area contributed by atoms with Crippen molar-refractivity contribution in [1.82, 2.24) is 0 Å². The number of nitrogens with zero attached hydrogens (tertiary/aromatic N) is 1. The summed E-state index contributed by atoms with van der Waals surface area (Å²) in [5, 5.41) is 0.943. The van der Waals surface area contributed by atoms with Crippen LogP contribution in [0.15, 0.2) is 34.5 Å². The van der Waals surface area contributed by atoms with Gasteiger partial charge in [-0.2, -0.15) is 0 Å². The van der Waals surface area contributed by atoms with E-state index in [0.717, 1.165) is 18.5 Å². The Morgan fingerprint density at radius 1 is 1.32 bits per heavy atom. The quantitative estimate of drug-likeness (QED) is 0.712. The van der Waals surface area contributed by atoms with Crippen LogP contribution >= 0.6 is 23.2 Å². The van der Waals surface area contributed by atoms with Gasteiger partial charge in [-0.25, -0.2) is 0 Å². The van der Waals surface area contributed by atoms with Gasteiger partial charge in [0, 0.05) is 39.4 Å². The first-order chi connectivity index (χ1) is 11.9. The molecule has 0 N–H and O–H groups in total. The van der Waals surface area contributed by atoms with Crippen molar-refractivity contribution in [2.24, 2.45) is 10.9 Å². The van der Waals surface area contributed by atoms with E-state index >= 15 is 0 Å². The maximum atomic E-state index is 12.7. The Labute approximate surface area is 156 Å². The lowest BCUT2D eigenvalue weighted by Crippen LogP contribution is -2.37. The highest BCUT2D eigenvalue weighted by atomic mass is 35.5. The Morgan fingerprint density at radius 2 is 2.08 bits per heavy atom. The Bertz CT molecular complexity index is 798. The SMILES string of the molecule is CCOC(=O)C1C(C)=NC2=C(C(=O)CCC2)[C@@H]1c1ccc(Cl)cc1Cl. The largest absolute Gasteiger partial charge is 0.465 e. The summed E-state index contributed by atoms with van der Waals surface area (Å²) in [6.45, 7) is 3.83. The van der Waals surface area contributed by atoms with Gasteiger partial charge < -0.3 is 4.74 Å². The molecule has 0 fully saturated rings. The molecule has 1 heterocycles. The minimum Gasteiger partial charge on any atom is -0.465 e. The molecular weight excluding hydrogens is 361 g/mol. The predicted octanol–water partition coefficient (Wildman–Crippen LogP) is 4.74. The van der Waals surface area contributed by atoms with Gasteiger partial charge >= 0.3 is 5.97 Å². The predicted molar refractivity (Wildman–Crippen MR) is 98.3 cm³/mol. The summed E-state index contributed by atoms with van der Waals surface area (Å²) >= 11 is 12.4. The molecule has 6 heteroatoms. The van der Waals surface area contributed by atoms with E-state index in [0.29, 0.717) is 33.3 Å². The van der Waals surface area contributed by atoms with Crippen LogP contribution in [0.2, 0.25) is 10.0 Å². The van der Waals surface area contributed by atoms with E-state index in [9.17, 15) is 9.59 Å². The molecule has 2 aliphatic rings. The fourth-order valence-corrected chi connectivity index (χ4v) is 4.16. The van der Waals surface area contributed by atoms with Crippen LogP contribution in [0.1, 0.15) is 44.6 Å². The summed E-state index contributed by atoms with van der Waals surface area (Å²) < 4.78 is 5.26. The maximum absolute atomic E-state index is 12.7. The zero-order chi connectivity index (χ0) is 18.1. The van der Waals surface area contributed by atoms with E-state index < -0.39 is 11.8 Å². The molecule has 1 unspecified atom stereocenters. The monoisotopic (exact) mass is 379 g/mol. The average Bonchev–Trinajstić information content (AvgIpc) is 2.54. The second-order valence-electron chi connectivity index (χ2n) is 6.26. The van der Waals surface area contributed by atoms with E-state index in [4.69, 9.17) is 27.9 Å². The number of rotatable bonds is 3. The first-order valence-corrected chi connectivity index (χ1v) is 9.12. The zero-order valence-corrected chi connectivity index (χ0v) is 15.7. The van der Waals surface area contributed by atoms with Gasteiger partial charge in [0.2, 0.25) is 0 Å². The normalized spacial score (nSPS) is 23.2. The molecule has 0 saturated heterocycles. The third-order valence-electron chi connectivity index (χ3n) is 4.67. The number of hydrogen-bond donors (Lipinski definition) is 0. The molecule has 0 spiro atoms. The van der Waals surface area contributed by atoms with Crippen molar-refractivity contribution in [3.8, 4) is 0 Å². The molecular formula is C19H19Cl2NO3. The topological polar surface area (TPSA) is 55.7 Å². The Balaban J connectivity index is 2.19. The minimum atomic E-state index is -0.653. The highest BCUT2D eigenvalue weighted by Gasteiger charge is 2.43. The number of allylic oxidation sites excluding steroid dienone is 2. The van der Waals surface area contributed by atoms with Crippen LogP contribution in [0, 0.1) is 5.92 Å². The summed E-state index contributed by atoms with van der Waals surface area (Å²) in [5.41, 5.74) is 2.73. The third kappa shape index (κ3) is 3.38. The second-order valence-corrected chi connectivity index (χ2v) is 7.11. The standard InChI is InChI=1S/C19H19Cl2NO3/c1-3-25-19(24)16-10(2)22-14-5-4-6-15(23)18(14)17(16)12-8-7-11(20)9-13(12)21/h7-9,16-17H,3-6H2,1-2H3/t16?,17-/m1/s1. The van der Waals surface area contributed by atoms with Crippen molar-refractivity contribution in [1.29, 1.82) is 0 Å². The van der Waals surface area contributed by atoms with Gasteiger partial charge in [-0.15, -0.1) is 0 Å². The number of esters is 1. The summed E-state index contributed by atoms with van der Waals surface area (Å²) in [4.78, 5) is 29.9.